The van der Waals surface area contributed by atoms with E-state index in [4.69, 9.17) is 21.1 Å². The molecule has 3 heterocycles. The number of hydrogen-bond acceptors (Lipinski definition) is 7. The van der Waals surface area contributed by atoms with E-state index in [9.17, 15) is 9.59 Å². The van der Waals surface area contributed by atoms with Crippen LogP contribution in [0.15, 0.2) is 24.5 Å². The van der Waals surface area contributed by atoms with Crippen molar-refractivity contribution in [2.24, 2.45) is 0 Å². The van der Waals surface area contributed by atoms with E-state index in [1.165, 1.54) is 19.4 Å². The molecule has 166 valence electrons. The molecular formula is C21H26ClN5O4. The lowest BCUT2D eigenvalue weighted by molar-refractivity contribution is -0.0698. The highest BCUT2D eigenvalue weighted by molar-refractivity contribution is 6.29. The average molecular weight is 448 g/mol. The van der Waals surface area contributed by atoms with Crippen molar-refractivity contribution in [2.75, 3.05) is 20.2 Å². The Kier molecular flexibility index (Phi) is 6.76. The van der Waals surface area contributed by atoms with Crippen molar-refractivity contribution in [2.45, 2.75) is 45.4 Å². The second-order valence-corrected chi connectivity index (χ2v) is 8.56. The fraction of sp³-hybridized carbons (Fsp3) is 0.476. The molecule has 0 bridgehead atoms. The molecule has 2 aromatic rings. The molecule has 1 aliphatic heterocycles. The molecule has 2 aromatic heterocycles. The van der Waals surface area contributed by atoms with E-state index in [1.54, 1.807) is 17.0 Å². The van der Waals surface area contributed by atoms with Crippen LogP contribution in [0.4, 0.5) is 4.79 Å². The summed E-state index contributed by atoms with van der Waals surface area (Å²) in [6, 6.07) is 4.59. The number of aromatic nitrogens is 3. The topological polar surface area (TPSA) is 107 Å². The Morgan fingerprint density at radius 3 is 2.65 bits per heavy atom. The molecule has 1 fully saturated rings. The maximum Gasteiger partial charge on any atom is 0.410 e. The van der Waals surface area contributed by atoms with E-state index >= 15 is 0 Å². The Balaban J connectivity index is 2.00. The zero-order valence-corrected chi connectivity index (χ0v) is 18.9. The molecule has 0 saturated carbocycles. The SMILES string of the molecule is CNC(=O)c1cc(-c2cc(C3C(C)OCCN3C(=O)OC(C)(C)C)cc(Cl)n2)ncn1. The molecule has 0 aromatic carbocycles. The number of ether oxygens (including phenoxy) is 2. The molecule has 1 saturated heterocycles. The van der Waals surface area contributed by atoms with Gasteiger partial charge < -0.3 is 14.8 Å². The third kappa shape index (κ3) is 5.48. The van der Waals surface area contributed by atoms with E-state index in [1.807, 2.05) is 27.7 Å². The molecule has 2 atom stereocenters. The second-order valence-electron chi connectivity index (χ2n) is 8.17. The Morgan fingerprint density at radius 2 is 1.97 bits per heavy atom. The summed E-state index contributed by atoms with van der Waals surface area (Å²) in [6.07, 6.45) is 0.576. The number of pyridine rings is 1. The lowest BCUT2D eigenvalue weighted by atomic mass is 9.99. The number of hydrogen-bond donors (Lipinski definition) is 1. The van der Waals surface area contributed by atoms with Crippen LogP contribution >= 0.6 is 11.6 Å². The predicted molar refractivity (Wildman–Crippen MR) is 115 cm³/mol. The van der Waals surface area contributed by atoms with Gasteiger partial charge in [0.25, 0.3) is 5.91 Å². The van der Waals surface area contributed by atoms with Crippen molar-refractivity contribution in [1.82, 2.24) is 25.2 Å². The molecule has 1 N–H and O–H groups in total. The van der Waals surface area contributed by atoms with E-state index < -0.39 is 17.7 Å². The summed E-state index contributed by atoms with van der Waals surface area (Å²) in [7, 11) is 1.52. The number of nitrogens with zero attached hydrogens (tertiary/aromatic N) is 4. The number of nitrogens with one attached hydrogen (secondary N) is 1. The first-order valence-electron chi connectivity index (χ1n) is 9.92. The van der Waals surface area contributed by atoms with Crippen LogP contribution in [-0.2, 0) is 9.47 Å². The molecule has 10 heteroatoms. The van der Waals surface area contributed by atoms with Crippen molar-refractivity contribution < 1.29 is 19.1 Å². The van der Waals surface area contributed by atoms with E-state index in [0.717, 1.165) is 5.56 Å². The highest BCUT2D eigenvalue weighted by atomic mass is 35.5. The van der Waals surface area contributed by atoms with Crippen molar-refractivity contribution in [3.63, 3.8) is 0 Å². The quantitative estimate of drug-likeness (QED) is 0.719. The summed E-state index contributed by atoms with van der Waals surface area (Å²) in [4.78, 5) is 39.0. The predicted octanol–water partition coefficient (Wildman–Crippen LogP) is 3.25. The first kappa shape index (κ1) is 22.9. The van der Waals surface area contributed by atoms with Gasteiger partial charge >= 0.3 is 6.09 Å². The van der Waals surface area contributed by atoms with E-state index in [2.05, 4.69) is 20.3 Å². The molecule has 2 amide bonds. The van der Waals surface area contributed by atoms with E-state index in [0.29, 0.717) is 24.5 Å². The Labute approximate surface area is 186 Å². The fourth-order valence-electron chi connectivity index (χ4n) is 3.37. The standard InChI is InChI=1S/C21H26ClN5O4/c1-12-18(27(6-7-30-12)20(29)31-21(2,3)4)13-8-15(26-17(22)9-13)14-10-16(19(28)23-5)25-11-24-14/h8-12,18H,6-7H2,1-5H3,(H,23,28). The Morgan fingerprint density at radius 1 is 1.23 bits per heavy atom. The van der Waals surface area contributed by atoms with Crippen LogP contribution in [0.25, 0.3) is 11.4 Å². The minimum atomic E-state index is -0.624. The third-order valence-corrected chi connectivity index (χ3v) is 4.86. The maximum atomic E-state index is 12.9. The lowest BCUT2D eigenvalue weighted by Crippen LogP contribution is -2.48. The van der Waals surface area contributed by atoms with Gasteiger partial charge in [0, 0.05) is 13.6 Å². The van der Waals surface area contributed by atoms with Crippen LogP contribution in [0, 0.1) is 0 Å². The monoisotopic (exact) mass is 447 g/mol. The van der Waals surface area contributed by atoms with Crippen molar-refractivity contribution in [1.29, 1.82) is 0 Å². The smallest absolute Gasteiger partial charge is 0.410 e. The number of carbonyl (C=O) groups is 2. The largest absolute Gasteiger partial charge is 0.444 e. The van der Waals surface area contributed by atoms with Gasteiger partial charge in [-0.25, -0.2) is 19.7 Å². The summed E-state index contributed by atoms with van der Waals surface area (Å²) < 4.78 is 11.4. The first-order chi connectivity index (χ1) is 14.6. The number of morpholine rings is 1. The van der Waals surface area contributed by atoms with Crippen LogP contribution < -0.4 is 5.32 Å². The van der Waals surface area contributed by atoms with Crippen molar-refractivity contribution in [3.05, 3.63) is 40.9 Å². The molecule has 0 aliphatic carbocycles. The van der Waals surface area contributed by atoms with Crippen LogP contribution in [0.3, 0.4) is 0 Å². The maximum absolute atomic E-state index is 12.9. The Hall–Kier alpha value is -2.78. The van der Waals surface area contributed by atoms with Gasteiger partial charge in [-0.05, 0) is 51.5 Å². The third-order valence-electron chi connectivity index (χ3n) is 4.67. The zero-order chi connectivity index (χ0) is 22.8. The van der Waals surface area contributed by atoms with Gasteiger partial charge in [-0.1, -0.05) is 11.6 Å². The number of amides is 2. The molecular weight excluding hydrogens is 422 g/mol. The molecule has 1 aliphatic rings. The molecule has 2 unspecified atom stereocenters. The summed E-state index contributed by atoms with van der Waals surface area (Å²) in [5.74, 6) is -0.337. The molecule has 0 radical (unpaired) electrons. The fourth-order valence-corrected chi connectivity index (χ4v) is 3.58. The van der Waals surface area contributed by atoms with Crippen LogP contribution in [0.2, 0.25) is 5.15 Å². The molecule has 31 heavy (non-hydrogen) atoms. The van der Waals surface area contributed by atoms with Gasteiger partial charge in [0.2, 0.25) is 0 Å². The average Bonchev–Trinajstić information content (AvgIpc) is 2.71. The summed E-state index contributed by atoms with van der Waals surface area (Å²) in [6.45, 7) is 8.15. The van der Waals surface area contributed by atoms with Gasteiger partial charge in [-0.15, -0.1) is 0 Å². The summed E-state index contributed by atoms with van der Waals surface area (Å²) >= 11 is 6.32. The van der Waals surface area contributed by atoms with Gasteiger partial charge in [0.1, 0.15) is 22.8 Å². The van der Waals surface area contributed by atoms with Crippen molar-refractivity contribution >= 4 is 23.6 Å². The number of carbonyl (C=O) groups excluding carboxylic acids is 2. The van der Waals surface area contributed by atoms with E-state index in [-0.39, 0.29) is 22.9 Å². The second kappa shape index (κ2) is 9.15. The highest BCUT2D eigenvalue weighted by Gasteiger charge is 2.37. The van der Waals surface area contributed by atoms with Gasteiger partial charge in [-0.3, -0.25) is 9.69 Å². The van der Waals surface area contributed by atoms with Crippen LogP contribution in [0.5, 0.6) is 0 Å². The number of rotatable bonds is 3. The Bertz CT molecular complexity index is 978. The van der Waals surface area contributed by atoms with Gasteiger partial charge in [0.05, 0.1) is 30.1 Å². The van der Waals surface area contributed by atoms with Crippen LogP contribution in [-0.4, -0.2) is 63.8 Å². The summed E-state index contributed by atoms with van der Waals surface area (Å²) in [5.41, 5.74) is 1.21. The lowest BCUT2D eigenvalue weighted by Gasteiger charge is -2.40. The minimum absolute atomic E-state index is 0.209. The molecule has 3 rings (SSSR count). The molecule has 0 spiro atoms. The highest BCUT2D eigenvalue weighted by Crippen LogP contribution is 2.33. The van der Waals surface area contributed by atoms with Crippen LogP contribution in [0.1, 0.15) is 49.8 Å². The summed E-state index contributed by atoms with van der Waals surface area (Å²) in [5, 5.41) is 2.76. The minimum Gasteiger partial charge on any atom is -0.444 e. The normalized spacial score (nSPS) is 19.1. The first-order valence-corrected chi connectivity index (χ1v) is 10.3. The zero-order valence-electron chi connectivity index (χ0n) is 18.2. The van der Waals surface area contributed by atoms with Gasteiger partial charge in [0.15, 0.2) is 0 Å². The van der Waals surface area contributed by atoms with Gasteiger partial charge in [-0.2, -0.15) is 0 Å². The number of halogens is 1. The van der Waals surface area contributed by atoms with Crippen molar-refractivity contribution in [3.8, 4) is 11.4 Å². The molecule has 9 nitrogen and oxygen atoms in total.